The lowest BCUT2D eigenvalue weighted by Crippen LogP contribution is -2.54. The lowest BCUT2D eigenvalue weighted by atomic mass is 9.49. The lowest BCUT2D eigenvalue weighted by Gasteiger charge is -2.56. The summed E-state index contributed by atoms with van der Waals surface area (Å²) in [6, 6.07) is 0. The molecular formula is C21H28O5. The number of esters is 1. The van der Waals surface area contributed by atoms with Crippen molar-refractivity contribution in [1.29, 1.82) is 0 Å². The second kappa shape index (κ2) is 5.70. The number of aliphatic hydroxyl groups is 3. The summed E-state index contributed by atoms with van der Waals surface area (Å²) in [5, 5.41) is 31.4. The number of carbonyl (C=O) groups is 1. The summed E-state index contributed by atoms with van der Waals surface area (Å²) < 4.78 is 5.51. The molecule has 0 aromatic heterocycles. The maximum absolute atomic E-state index is 11.5. The molecule has 0 spiro atoms. The SMILES string of the molecule is CC(=O)O[C@H]1[C@H](O)CC2C3C(CC[C@@]21C)[C@@]1(C)C=CC(O)=CC1=C[C@@H]3O. The van der Waals surface area contributed by atoms with Crippen molar-refractivity contribution in [2.75, 3.05) is 0 Å². The standard InChI is InChI=1S/C21H28O5/c1-11(22)26-19-17(25)10-15-18-14(5-7-21(15,19)3)20(2)6-4-13(23)8-12(20)9-16(18)24/h4,6,8-9,14-19,23-25H,5,7,10H2,1-3H3/t14?,15?,16-,17+,18?,19-,20-,21-/m0/s1. The van der Waals surface area contributed by atoms with Crippen LogP contribution in [0.2, 0.25) is 0 Å². The van der Waals surface area contributed by atoms with Crippen LogP contribution in [-0.2, 0) is 9.53 Å². The Morgan fingerprint density at radius 2 is 2.00 bits per heavy atom. The van der Waals surface area contributed by atoms with E-state index < -0.39 is 18.3 Å². The van der Waals surface area contributed by atoms with Gasteiger partial charge in [0.1, 0.15) is 11.9 Å². The molecule has 4 rings (SSSR count). The summed E-state index contributed by atoms with van der Waals surface area (Å²) in [6.07, 6.45) is 7.82. The number of hydrogen-bond donors (Lipinski definition) is 3. The maximum Gasteiger partial charge on any atom is 0.303 e. The van der Waals surface area contributed by atoms with E-state index in [1.807, 2.05) is 6.08 Å². The first-order valence-electron chi connectivity index (χ1n) is 9.52. The van der Waals surface area contributed by atoms with E-state index in [4.69, 9.17) is 4.74 Å². The van der Waals surface area contributed by atoms with Gasteiger partial charge in [0, 0.05) is 17.8 Å². The van der Waals surface area contributed by atoms with Crippen LogP contribution in [0.5, 0.6) is 0 Å². The summed E-state index contributed by atoms with van der Waals surface area (Å²) in [6.45, 7) is 5.64. The fourth-order valence-electron chi connectivity index (χ4n) is 6.31. The van der Waals surface area contributed by atoms with Gasteiger partial charge in [0.25, 0.3) is 0 Å². The van der Waals surface area contributed by atoms with Crippen molar-refractivity contribution in [2.45, 2.75) is 58.3 Å². The minimum Gasteiger partial charge on any atom is -0.508 e. The molecule has 0 aromatic carbocycles. The Hall–Kier alpha value is -1.59. The third-order valence-electron chi connectivity index (χ3n) is 7.60. The minimum absolute atomic E-state index is 0.00370. The number of allylic oxidation sites excluding steroid dienone is 4. The van der Waals surface area contributed by atoms with E-state index in [1.54, 1.807) is 12.2 Å². The smallest absolute Gasteiger partial charge is 0.303 e. The Balaban J connectivity index is 1.73. The molecule has 142 valence electrons. The molecule has 0 amide bonds. The highest BCUT2D eigenvalue weighted by Gasteiger charge is 2.63. The van der Waals surface area contributed by atoms with Crippen LogP contribution in [-0.4, -0.2) is 39.6 Å². The fourth-order valence-corrected chi connectivity index (χ4v) is 6.31. The van der Waals surface area contributed by atoms with Gasteiger partial charge in [0.05, 0.1) is 12.2 Å². The van der Waals surface area contributed by atoms with Crippen LogP contribution < -0.4 is 0 Å². The summed E-state index contributed by atoms with van der Waals surface area (Å²) in [4.78, 5) is 11.5. The molecule has 0 saturated heterocycles. The molecule has 4 aliphatic carbocycles. The van der Waals surface area contributed by atoms with Crippen LogP contribution in [0.25, 0.3) is 0 Å². The molecule has 2 fully saturated rings. The van der Waals surface area contributed by atoms with Crippen LogP contribution in [0.1, 0.15) is 40.0 Å². The van der Waals surface area contributed by atoms with Gasteiger partial charge in [-0.25, -0.2) is 0 Å². The number of hydrogen-bond acceptors (Lipinski definition) is 5. The Labute approximate surface area is 154 Å². The first-order chi connectivity index (χ1) is 12.2. The molecule has 0 aromatic rings. The van der Waals surface area contributed by atoms with Crippen LogP contribution in [0.3, 0.4) is 0 Å². The quantitative estimate of drug-likeness (QED) is 0.626. The molecule has 3 N–H and O–H groups in total. The van der Waals surface area contributed by atoms with Crippen LogP contribution >= 0.6 is 0 Å². The fraction of sp³-hybridized carbons (Fsp3) is 0.667. The molecule has 0 heterocycles. The number of aliphatic hydroxyl groups excluding tert-OH is 3. The maximum atomic E-state index is 11.5. The second-order valence-electron chi connectivity index (χ2n) is 8.97. The average Bonchev–Trinajstić information content (AvgIpc) is 2.80. The van der Waals surface area contributed by atoms with E-state index in [1.165, 1.54) is 6.92 Å². The topological polar surface area (TPSA) is 87.0 Å². The Morgan fingerprint density at radius 3 is 2.69 bits per heavy atom. The van der Waals surface area contributed by atoms with Gasteiger partial charge in [0.15, 0.2) is 0 Å². The number of rotatable bonds is 1. The zero-order valence-corrected chi connectivity index (χ0v) is 15.6. The summed E-state index contributed by atoms with van der Waals surface area (Å²) in [7, 11) is 0. The van der Waals surface area contributed by atoms with E-state index in [-0.39, 0.29) is 40.3 Å². The first kappa shape index (κ1) is 17.8. The largest absolute Gasteiger partial charge is 0.508 e. The van der Waals surface area contributed by atoms with Gasteiger partial charge in [0.2, 0.25) is 0 Å². The highest BCUT2D eigenvalue weighted by molar-refractivity contribution is 5.66. The number of ether oxygens (including phenoxy) is 1. The molecular weight excluding hydrogens is 332 g/mol. The van der Waals surface area contributed by atoms with Crippen LogP contribution in [0, 0.1) is 28.6 Å². The highest BCUT2D eigenvalue weighted by atomic mass is 16.6. The number of fused-ring (bicyclic) bond motifs is 5. The molecule has 0 bridgehead atoms. The highest BCUT2D eigenvalue weighted by Crippen LogP contribution is 2.64. The molecule has 5 heteroatoms. The van der Waals surface area contributed by atoms with Gasteiger partial charge in [-0.1, -0.05) is 26.0 Å². The van der Waals surface area contributed by atoms with E-state index in [0.717, 1.165) is 18.4 Å². The third-order valence-corrected chi connectivity index (χ3v) is 7.60. The second-order valence-corrected chi connectivity index (χ2v) is 8.97. The molecule has 3 unspecified atom stereocenters. The van der Waals surface area contributed by atoms with Crippen molar-refractivity contribution in [3.05, 3.63) is 35.6 Å². The monoisotopic (exact) mass is 360 g/mol. The molecule has 5 nitrogen and oxygen atoms in total. The summed E-state index contributed by atoms with van der Waals surface area (Å²) in [5.41, 5.74) is 0.401. The molecule has 2 saturated carbocycles. The summed E-state index contributed by atoms with van der Waals surface area (Å²) in [5.74, 6) is 0.145. The normalized spacial score (nSPS) is 49.4. The number of carbonyl (C=O) groups excluding carboxylic acids is 1. The Kier molecular flexibility index (Phi) is 3.90. The molecule has 0 aliphatic heterocycles. The lowest BCUT2D eigenvalue weighted by molar-refractivity contribution is -0.164. The predicted molar refractivity (Wildman–Crippen MR) is 96.0 cm³/mol. The van der Waals surface area contributed by atoms with Crippen molar-refractivity contribution in [2.24, 2.45) is 28.6 Å². The first-order valence-corrected chi connectivity index (χ1v) is 9.52. The van der Waals surface area contributed by atoms with E-state index in [2.05, 4.69) is 19.9 Å². The van der Waals surface area contributed by atoms with E-state index in [9.17, 15) is 20.1 Å². The van der Waals surface area contributed by atoms with E-state index in [0.29, 0.717) is 6.42 Å². The van der Waals surface area contributed by atoms with E-state index >= 15 is 0 Å². The van der Waals surface area contributed by atoms with Crippen LogP contribution in [0.15, 0.2) is 35.6 Å². The van der Waals surface area contributed by atoms with Crippen molar-refractivity contribution in [1.82, 2.24) is 0 Å². The van der Waals surface area contributed by atoms with Gasteiger partial charge in [-0.05, 0) is 54.7 Å². The zero-order chi connectivity index (χ0) is 18.9. The molecule has 4 aliphatic rings. The molecule has 0 radical (unpaired) electrons. The minimum atomic E-state index is -0.691. The van der Waals surface area contributed by atoms with Crippen molar-refractivity contribution >= 4 is 5.97 Å². The third kappa shape index (κ3) is 2.33. The molecule has 26 heavy (non-hydrogen) atoms. The van der Waals surface area contributed by atoms with Gasteiger partial charge in [-0.3, -0.25) is 4.79 Å². The van der Waals surface area contributed by atoms with Gasteiger partial charge < -0.3 is 20.1 Å². The van der Waals surface area contributed by atoms with Crippen molar-refractivity contribution in [3.8, 4) is 0 Å². The van der Waals surface area contributed by atoms with Crippen molar-refractivity contribution in [3.63, 3.8) is 0 Å². The van der Waals surface area contributed by atoms with Crippen LogP contribution in [0.4, 0.5) is 0 Å². The summed E-state index contributed by atoms with van der Waals surface area (Å²) >= 11 is 0. The van der Waals surface area contributed by atoms with Gasteiger partial charge >= 0.3 is 5.97 Å². The predicted octanol–water partition coefficient (Wildman–Crippen LogP) is 2.65. The Morgan fingerprint density at radius 1 is 1.27 bits per heavy atom. The Bertz CT molecular complexity index is 722. The average molecular weight is 360 g/mol. The van der Waals surface area contributed by atoms with Crippen molar-refractivity contribution < 1.29 is 24.9 Å². The van der Waals surface area contributed by atoms with Gasteiger partial charge in [-0.2, -0.15) is 0 Å². The molecule has 8 atom stereocenters. The van der Waals surface area contributed by atoms with Gasteiger partial charge in [-0.15, -0.1) is 0 Å². The zero-order valence-electron chi connectivity index (χ0n) is 15.6.